The molecule has 0 amide bonds. The fourth-order valence-corrected chi connectivity index (χ4v) is 1.72. The zero-order valence-corrected chi connectivity index (χ0v) is 10.8. The minimum atomic E-state index is -0.586. The van der Waals surface area contributed by atoms with Crippen molar-refractivity contribution in [3.05, 3.63) is 27.0 Å². The van der Waals surface area contributed by atoms with Gasteiger partial charge in [-0.15, -0.1) is 0 Å². The van der Waals surface area contributed by atoms with Gasteiger partial charge in [0.05, 0.1) is 6.10 Å². The number of H-pyrrole nitrogens is 1. The highest BCUT2D eigenvalue weighted by atomic mass is 16.5. The first kappa shape index (κ1) is 14.5. The van der Waals surface area contributed by atoms with E-state index >= 15 is 0 Å². The average molecular weight is 256 g/mol. The van der Waals surface area contributed by atoms with Gasteiger partial charge in [0.1, 0.15) is 11.9 Å². The molecule has 0 saturated carbocycles. The Labute approximate surface area is 105 Å². The number of nitrogens with zero attached hydrogens (tertiary/aromatic N) is 1. The first-order chi connectivity index (χ1) is 8.49. The van der Waals surface area contributed by atoms with Crippen LogP contribution in [0.5, 0.6) is 0 Å². The second-order valence-electron chi connectivity index (χ2n) is 3.95. The van der Waals surface area contributed by atoms with E-state index in [1.807, 2.05) is 20.8 Å². The summed E-state index contributed by atoms with van der Waals surface area (Å²) in [6, 6.07) is -0.120. The van der Waals surface area contributed by atoms with E-state index in [0.29, 0.717) is 6.42 Å². The lowest BCUT2D eigenvalue weighted by atomic mass is 10.2. The molecule has 7 nitrogen and oxygen atoms in total. The number of nitrogens with two attached hydrogens (primary N) is 2. The molecule has 0 aliphatic carbocycles. The van der Waals surface area contributed by atoms with Crippen molar-refractivity contribution in [1.82, 2.24) is 9.55 Å². The van der Waals surface area contributed by atoms with E-state index in [4.69, 9.17) is 16.2 Å². The van der Waals surface area contributed by atoms with Crippen molar-refractivity contribution in [2.75, 3.05) is 5.73 Å². The summed E-state index contributed by atoms with van der Waals surface area (Å²) < 4.78 is 6.76. The third-order valence-corrected chi connectivity index (χ3v) is 2.75. The third kappa shape index (κ3) is 2.80. The van der Waals surface area contributed by atoms with Gasteiger partial charge in [0.15, 0.2) is 0 Å². The predicted octanol–water partition coefficient (Wildman–Crippen LogP) is -0.220. The number of anilines is 1. The molecule has 3 atom stereocenters. The van der Waals surface area contributed by atoms with E-state index in [9.17, 15) is 9.59 Å². The lowest BCUT2D eigenvalue weighted by molar-refractivity contribution is 0.00622. The molecule has 1 aromatic rings. The quantitative estimate of drug-likeness (QED) is 0.642. The Hall–Kier alpha value is -1.60. The molecule has 102 valence electrons. The van der Waals surface area contributed by atoms with Gasteiger partial charge in [-0.25, -0.2) is 4.79 Å². The van der Waals surface area contributed by atoms with Gasteiger partial charge < -0.3 is 16.2 Å². The van der Waals surface area contributed by atoms with Crippen LogP contribution in [0.2, 0.25) is 0 Å². The largest absolute Gasteiger partial charge is 0.393 e. The van der Waals surface area contributed by atoms with E-state index in [2.05, 4.69) is 4.98 Å². The normalized spacial score (nSPS) is 26.6. The molecule has 1 saturated heterocycles. The predicted molar refractivity (Wildman–Crippen MR) is 69.3 cm³/mol. The highest BCUT2D eigenvalue weighted by molar-refractivity contribution is 5.30. The van der Waals surface area contributed by atoms with Crippen molar-refractivity contribution in [3.8, 4) is 0 Å². The summed E-state index contributed by atoms with van der Waals surface area (Å²) in [6.45, 7) is 5.84. The van der Waals surface area contributed by atoms with Crippen LogP contribution >= 0.6 is 0 Å². The maximum atomic E-state index is 11.5. The fourth-order valence-electron chi connectivity index (χ4n) is 1.72. The van der Waals surface area contributed by atoms with Gasteiger partial charge in [0.25, 0.3) is 5.56 Å². The van der Waals surface area contributed by atoms with Crippen LogP contribution in [-0.2, 0) is 4.74 Å². The molecule has 0 radical (unpaired) electrons. The Morgan fingerprint density at radius 1 is 1.44 bits per heavy atom. The number of aromatic nitrogens is 2. The Morgan fingerprint density at radius 3 is 2.56 bits per heavy atom. The van der Waals surface area contributed by atoms with Gasteiger partial charge in [-0.3, -0.25) is 14.3 Å². The Morgan fingerprint density at radius 2 is 2.06 bits per heavy atom. The molecule has 2 rings (SSSR count). The van der Waals surface area contributed by atoms with Gasteiger partial charge in [0, 0.05) is 18.7 Å². The summed E-state index contributed by atoms with van der Waals surface area (Å²) in [7, 11) is 0. The summed E-state index contributed by atoms with van der Waals surface area (Å²) in [5.74, 6) is 0. The van der Waals surface area contributed by atoms with Crippen LogP contribution in [0.4, 0.5) is 5.69 Å². The molecule has 1 fully saturated rings. The summed E-state index contributed by atoms with van der Waals surface area (Å²) in [5.41, 5.74) is 10.1. The smallest absolute Gasteiger partial charge is 0.330 e. The molecule has 5 N–H and O–H groups in total. The number of rotatable bonds is 1. The lowest BCUT2D eigenvalue weighted by Gasteiger charge is -2.13. The van der Waals surface area contributed by atoms with Crippen LogP contribution in [0.15, 0.2) is 15.8 Å². The first-order valence-corrected chi connectivity index (χ1v) is 6.01. The standard InChI is InChI=1S/C9H14N4O3.C2H6/c1-4-5(10)2-7(16-4)13-3-6(11)8(14)12-9(13)15;1-2/h3-5,7H,2,10-11H2,1H3,(H,12,14,15);1-2H3. The van der Waals surface area contributed by atoms with E-state index in [-0.39, 0.29) is 17.8 Å². The Kier molecular flexibility index (Phi) is 4.69. The van der Waals surface area contributed by atoms with Gasteiger partial charge in [-0.05, 0) is 6.92 Å². The summed E-state index contributed by atoms with van der Waals surface area (Å²) in [4.78, 5) is 24.7. The van der Waals surface area contributed by atoms with Crippen LogP contribution < -0.4 is 22.7 Å². The maximum absolute atomic E-state index is 11.5. The van der Waals surface area contributed by atoms with Crippen molar-refractivity contribution < 1.29 is 4.74 Å². The Bertz CT molecular complexity index is 498. The van der Waals surface area contributed by atoms with E-state index < -0.39 is 17.5 Å². The van der Waals surface area contributed by atoms with Gasteiger partial charge in [-0.1, -0.05) is 13.8 Å². The van der Waals surface area contributed by atoms with Crippen molar-refractivity contribution in [2.24, 2.45) is 5.73 Å². The van der Waals surface area contributed by atoms with Crippen LogP contribution in [0.25, 0.3) is 0 Å². The number of hydrogen-bond acceptors (Lipinski definition) is 5. The van der Waals surface area contributed by atoms with E-state index in [1.54, 1.807) is 0 Å². The van der Waals surface area contributed by atoms with Crippen molar-refractivity contribution in [3.63, 3.8) is 0 Å². The van der Waals surface area contributed by atoms with E-state index in [1.165, 1.54) is 10.8 Å². The topological polar surface area (TPSA) is 116 Å². The number of nitrogen functional groups attached to an aromatic ring is 1. The second kappa shape index (κ2) is 5.83. The van der Waals surface area contributed by atoms with E-state index in [0.717, 1.165) is 0 Å². The first-order valence-electron chi connectivity index (χ1n) is 6.01. The number of ether oxygens (including phenoxy) is 1. The fraction of sp³-hybridized carbons (Fsp3) is 0.636. The highest BCUT2D eigenvalue weighted by Crippen LogP contribution is 2.25. The minimum absolute atomic E-state index is 0.0173. The van der Waals surface area contributed by atoms with Crippen LogP contribution in [0.1, 0.15) is 33.4 Å². The molecule has 0 aromatic carbocycles. The van der Waals surface area contributed by atoms with Gasteiger partial charge in [-0.2, -0.15) is 0 Å². The van der Waals surface area contributed by atoms with Crippen LogP contribution in [-0.4, -0.2) is 21.7 Å². The number of hydrogen-bond donors (Lipinski definition) is 3. The third-order valence-electron chi connectivity index (χ3n) is 2.75. The molecule has 0 spiro atoms. The SMILES string of the molecule is CC.CC1OC(n2cc(N)c(=O)[nH]c2=O)CC1N. The molecular formula is C11H20N4O3. The molecular weight excluding hydrogens is 236 g/mol. The van der Waals surface area contributed by atoms with Crippen LogP contribution in [0.3, 0.4) is 0 Å². The lowest BCUT2D eigenvalue weighted by Crippen LogP contribution is -2.33. The summed E-state index contributed by atoms with van der Waals surface area (Å²) >= 11 is 0. The minimum Gasteiger partial charge on any atom is -0.393 e. The molecule has 3 unspecified atom stereocenters. The van der Waals surface area contributed by atoms with Gasteiger partial charge >= 0.3 is 5.69 Å². The summed E-state index contributed by atoms with van der Waals surface area (Å²) in [5, 5.41) is 0. The average Bonchev–Trinajstić information content (AvgIpc) is 2.67. The molecule has 1 aliphatic rings. The molecule has 1 aliphatic heterocycles. The summed E-state index contributed by atoms with van der Waals surface area (Å²) in [6.07, 6.45) is 1.23. The molecule has 18 heavy (non-hydrogen) atoms. The van der Waals surface area contributed by atoms with Crippen molar-refractivity contribution in [2.45, 2.75) is 45.6 Å². The zero-order valence-electron chi connectivity index (χ0n) is 10.8. The Balaban J connectivity index is 0.000000771. The second-order valence-corrected chi connectivity index (χ2v) is 3.95. The van der Waals surface area contributed by atoms with Crippen molar-refractivity contribution >= 4 is 5.69 Å². The number of nitrogens with one attached hydrogen (secondary N) is 1. The van der Waals surface area contributed by atoms with Gasteiger partial charge in [0.2, 0.25) is 0 Å². The van der Waals surface area contributed by atoms with Crippen molar-refractivity contribution in [1.29, 1.82) is 0 Å². The highest BCUT2D eigenvalue weighted by Gasteiger charge is 2.31. The molecule has 7 heteroatoms. The molecule has 2 heterocycles. The molecule has 0 bridgehead atoms. The monoisotopic (exact) mass is 256 g/mol. The maximum Gasteiger partial charge on any atom is 0.330 e. The number of aromatic amines is 1. The molecule has 1 aromatic heterocycles. The zero-order chi connectivity index (χ0) is 13.9. The van der Waals surface area contributed by atoms with Crippen LogP contribution in [0, 0.1) is 0 Å².